The van der Waals surface area contributed by atoms with Crippen molar-refractivity contribution in [3.63, 3.8) is 0 Å². The fourth-order valence-electron chi connectivity index (χ4n) is 2.30. The first-order valence-electron chi connectivity index (χ1n) is 6.71. The van der Waals surface area contributed by atoms with E-state index in [4.69, 9.17) is 5.11 Å². The lowest BCUT2D eigenvalue weighted by Crippen LogP contribution is -2.48. The summed E-state index contributed by atoms with van der Waals surface area (Å²) >= 11 is 0. The molecule has 0 aliphatic heterocycles. The number of amides is 2. The molecule has 0 aromatic rings. The molecule has 1 rings (SSSR count). The summed E-state index contributed by atoms with van der Waals surface area (Å²) in [7, 11) is 1.78. The maximum atomic E-state index is 12.0. The van der Waals surface area contributed by atoms with E-state index in [-0.39, 0.29) is 24.0 Å². The summed E-state index contributed by atoms with van der Waals surface area (Å²) in [6.45, 7) is 4.04. The summed E-state index contributed by atoms with van der Waals surface area (Å²) in [6.07, 6.45) is 3.93. The molecule has 1 aliphatic carbocycles. The molecule has 0 radical (unpaired) electrons. The standard InChI is InChI=1S/C13H24N2O3/c1-4-9(2)15(3)13(18)14-11-7-5-6-10(8-11)12(16)17/h9-11H,4-8H2,1-3H3,(H,14,18)(H,16,17). The van der Waals surface area contributed by atoms with Gasteiger partial charge in [-0.15, -0.1) is 0 Å². The molecule has 18 heavy (non-hydrogen) atoms. The van der Waals surface area contributed by atoms with Crippen LogP contribution in [0.25, 0.3) is 0 Å². The van der Waals surface area contributed by atoms with E-state index >= 15 is 0 Å². The first kappa shape index (κ1) is 14.8. The van der Waals surface area contributed by atoms with E-state index in [0.29, 0.717) is 6.42 Å². The van der Waals surface area contributed by atoms with Gasteiger partial charge < -0.3 is 15.3 Å². The minimum Gasteiger partial charge on any atom is -0.481 e. The zero-order chi connectivity index (χ0) is 13.7. The van der Waals surface area contributed by atoms with E-state index in [1.165, 1.54) is 0 Å². The molecule has 0 saturated heterocycles. The van der Waals surface area contributed by atoms with Gasteiger partial charge in [0, 0.05) is 19.1 Å². The highest BCUT2D eigenvalue weighted by Gasteiger charge is 2.28. The van der Waals surface area contributed by atoms with Gasteiger partial charge in [0.2, 0.25) is 0 Å². The van der Waals surface area contributed by atoms with Crippen molar-refractivity contribution in [3.8, 4) is 0 Å². The average Bonchev–Trinajstić information content (AvgIpc) is 2.37. The van der Waals surface area contributed by atoms with Crippen molar-refractivity contribution < 1.29 is 14.7 Å². The van der Waals surface area contributed by atoms with Crippen molar-refractivity contribution in [2.75, 3.05) is 7.05 Å². The van der Waals surface area contributed by atoms with Gasteiger partial charge in [-0.3, -0.25) is 4.79 Å². The van der Waals surface area contributed by atoms with Crippen LogP contribution in [-0.2, 0) is 4.79 Å². The normalized spacial score (nSPS) is 25.3. The first-order valence-corrected chi connectivity index (χ1v) is 6.71. The van der Waals surface area contributed by atoms with Crippen LogP contribution in [-0.4, -0.2) is 41.1 Å². The summed E-state index contributed by atoms with van der Waals surface area (Å²) in [6, 6.07) is 0.100. The number of nitrogens with zero attached hydrogens (tertiary/aromatic N) is 1. The highest BCUT2D eigenvalue weighted by Crippen LogP contribution is 2.24. The van der Waals surface area contributed by atoms with Crippen molar-refractivity contribution >= 4 is 12.0 Å². The molecule has 0 heterocycles. The zero-order valence-electron chi connectivity index (χ0n) is 11.5. The molecule has 3 atom stereocenters. The Morgan fingerprint density at radius 3 is 2.67 bits per heavy atom. The third-order valence-electron chi connectivity index (χ3n) is 3.92. The number of rotatable bonds is 4. The number of carboxylic acid groups (broad SMARTS) is 1. The summed E-state index contributed by atoms with van der Waals surface area (Å²) in [4.78, 5) is 24.6. The molecule has 0 aromatic heterocycles. The third kappa shape index (κ3) is 3.89. The van der Waals surface area contributed by atoms with E-state index in [9.17, 15) is 9.59 Å². The van der Waals surface area contributed by atoms with Crippen LogP contribution in [0.5, 0.6) is 0 Å². The van der Waals surface area contributed by atoms with Crippen LogP contribution in [0.2, 0.25) is 0 Å². The quantitative estimate of drug-likeness (QED) is 0.809. The molecule has 1 saturated carbocycles. The second-order valence-electron chi connectivity index (χ2n) is 5.22. The molecule has 3 unspecified atom stereocenters. The lowest BCUT2D eigenvalue weighted by molar-refractivity contribution is -0.143. The Morgan fingerprint density at radius 1 is 1.44 bits per heavy atom. The van der Waals surface area contributed by atoms with Crippen LogP contribution in [0.3, 0.4) is 0 Å². The molecule has 5 heteroatoms. The van der Waals surface area contributed by atoms with E-state index in [1.807, 2.05) is 13.8 Å². The Hall–Kier alpha value is -1.26. The van der Waals surface area contributed by atoms with Crippen LogP contribution in [0.1, 0.15) is 46.0 Å². The molecule has 2 amide bonds. The molecule has 104 valence electrons. The number of hydrogen-bond donors (Lipinski definition) is 2. The second kappa shape index (κ2) is 6.61. The molecule has 2 N–H and O–H groups in total. The fraction of sp³-hybridized carbons (Fsp3) is 0.846. The van der Waals surface area contributed by atoms with E-state index in [2.05, 4.69) is 5.32 Å². The number of carboxylic acids is 1. The Morgan fingerprint density at radius 2 is 2.11 bits per heavy atom. The Kier molecular flexibility index (Phi) is 5.44. The largest absolute Gasteiger partial charge is 0.481 e. The van der Waals surface area contributed by atoms with Gasteiger partial charge in [0.15, 0.2) is 0 Å². The molecule has 0 aromatic carbocycles. The average molecular weight is 256 g/mol. The predicted octanol–water partition coefficient (Wildman–Crippen LogP) is 2.07. The smallest absolute Gasteiger partial charge is 0.317 e. The summed E-state index contributed by atoms with van der Waals surface area (Å²) in [5, 5.41) is 11.9. The van der Waals surface area contributed by atoms with Crippen molar-refractivity contribution in [2.24, 2.45) is 5.92 Å². The number of nitrogens with one attached hydrogen (secondary N) is 1. The molecule has 1 fully saturated rings. The zero-order valence-corrected chi connectivity index (χ0v) is 11.5. The van der Waals surface area contributed by atoms with E-state index < -0.39 is 5.97 Å². The van der Waals surface area contributed by atoms with Gasteiger partial charge in [-0.1, -0.05) is 13.3 Å². The van der Waals surface area contributed by atoms with Gasteiger partial charge in [-0.2, -0.15) is 0 Å². The molecule has 5 nitrogen and oxygen atoms in total. The third-order valence-corrected chi connectivity index (χ3v) is 3.92. The molecular formula is C13H24N2O3. The monoisotopic (exact) mass is 256 g/mol. The topological polar surface area (TPSA) is 69.6 Å². The number of aliphatic carboxylic acids is 1. The molecular weight excluding hydrogens is 232 g/mol. The summed E-state index contributed by atoms with van der Waals surface area (Å²) < 4.78 is 0. The van der Waals surface area contributed by atoms with E-state index in [0.717, 1.165) is 25.7 Å². The van der Waals surface area contributed by atoms with Crippen molar-refractivity contribution in [1.29, 1.82) is 0 Å². The lowest BCUT2D eigenvalue weighted by atomic mass is 9.86. The highest BCUT2D eigenvalue weighted by molar-refractivity contribution is 5.75. The maximum Gasteiger partial charge on any atom is 0.317 e. The number of hydrogen-bond acceptors (Lipinski definition) is 2. The number of urea groups is 1. The van der Waals surface area contributed by atoms with Gasteiger partial charge in [0.25, 0.3) is 0 Å². The fourth-order valence-corrected chi connectivity index (χ4v) is 2.30. The lowest BCUT2D eigenvalue weighted by Gasteiger charge is -2.31. The second-order valence-corrected chi connectivity index (χ2v) is 5.22. The Bertz CT molecular complexity index is 307. The number of carbonyl (C=O) groups excluding carboxylic acids is 1. The van der Waals surface area contributed by atoms with Crippen LogP contribution in [0, 0.1) is 5.92 Å². The van der Waals surface area contributed by atoms with Gasteiger partial charge in [-0.25, -0.2) is 4.79 Å². The van der Waals surface area contributed by atoms with Crippen LogP contribution in [0.15, 0.2) is 0 Å². The van der Waals surface area contributed by atoms with Crippen molar-refractivity contribution in [2.45, 2.75) is 58.0 Å². The molecule has 0 bridgehead atoms. The highest BCUT2D eigenvalue weighted by atomic mass is 16.4. The van der Waals surface area contributed by atoms with Gasteiger partial charge >= 0.3 is 12.0 Å². The van der Waals surface area contributed by atoms with Crippen molar-refractivity contribution in [1.82, 2.24) is 10.2 Å². The Balaban J connectivity index is 2.46. The van der Waals surface area contributed by atoms with Crippen LogP contribution in [0.4, 0.5) is 4.79 Å². The Labute approximate surface area is 109 Å². The molecule has 0 spiro atoms. The number of carbonyl (C=O) groups is 2. The van der Waals surface area contributed by atoms with Crippen LogP contribution < -0.4 is 5.32 Å². The van der Waals surface area contributed by atoms with Crippen LogP contribution >= 0.6 is 0 Å². The molecule has 1 aliphatic rings. The first-order chi connectivity index (χ1) is 8.45. The van der Waals surface area contributed by atoms with E-state index in [1.54, 1.807) is 11.9 Å². The van der Waals surface area contributed by atoms with Gasteiger partial charge in [0.1, 0.15) is 0 Å². The summed E-state index contributed by atoms with van der Waals surface area (Å²) in [5.74, 6) is -1.05. The van der Waals surface area contributed by atoms with Gasteiger partial charge in [-0.05, 0) is 32.6 Å². The summed E-state index contributed by atoms with van der Waals surface area (Å²) in [5.41, 5.74) is 0. The van der Waals surface area contributed by atoms with Crippen molar-refractivity contribution in [3.05, 3.63) is 0 Å². The van der Waals surface area contributed by atoms with Gasteiger partial charge in [0.05, 0.1) is 5.92 Å². The minimum atomic E-state index is -0.746. The maximum absolute atomic E-state index is 12.0. The SMILES string of the molecule is CCC(C)N(C)C(=O)NC1CCCC(C(=O)O)C1. The minimum absolute atomic E-state index is 0.00106. The predicted molar refractivity (Wildman–Crippen MR) is 69.4 cm³/mol.